The van der Waals surface area contributed by atoms with Gasteiger partial charge in [0.2, 0.25) is 5.95 Å². The monoisotopic (exact) mass is 360 g/mol. The first kappa shape index (κ1) is 18.6. The highest BCUT2D eigenvalue weighted by Gasteiger charge is 2.08. The summed E-state index contributed by atoms with van der Waals surface area (Å²) in [5.41, 5.74) is 3.31. The lowest BCUT2D eigenvalue weighted by Gasteiger charge is -2.12. The first-order valence-electron chi connectivity index (χ1n) is 9.22. The lowest BCUT2D eigenvalue weighted by molar-refractivity contribution is 0.101. The summed E-state index contributed by atoms with van der Waals surface area (Å²) in [6.45, 7) is 4.58. The second-order valence-corrected chi connectivity index (χ2v) is 6.37. The third kappa shape index (κ3) is 5.14. The Bertz CT molecular complexity index is 909. The normalized spacial score (nSPS) is 10.4. The molecule has 0 atom stereocenters. The van der Waals surface area contributed by atoms with Crippen molar-refractivity contribution in [3.63, 3.8) is 0 Å². The summed E-state index contributed by atoms with van der Waals surface area (Å²) < 4.78 is 0. The lowest BCUT2D eigenvalue weighted by atomic mass is 10.1. The summed E-state index contributed by atoms with van der Waals surface area (Å²) in [4.78, 5) is 20.9. The van der Waals surface area contributed by atoms with Crippen LogP contribution in [0.5, 0.6) is 0 Å². The molecule has 27 heavy (non-hydrogen) atoms. The predicted octanol–water partition coefficient (Wildman–Crippen LogP) is 5.30. The molecule has 0 radical (unpaired) electrons. The van der Waals surface area contributed by atoms with Crippen LogP contribution < -0.4 is 10.6 Å². The van der Waals surface area contributed by atoms with Gasteiger partial charge in [0.15, 0.2) is 5.78 Å². The van der Waals surface area contributed by atoms with E-state index in [4.69, 9.17) is 0 Å². The average molecular weight is 360 g/mol. The molecule has 0 unspecified atom stereocenters. The molecule has 0 fully saturated rings. The number of anilines is 3. The van der Waals surface area contributed by atoms with Crippen molar-refractivity contribution in [1.82, 2.24) is 9.97 Å². The number of carbonyl (C=O) groups excluding carboxylic acids is 1. The minimum absolute atomic E-state index is 0.0273. The van der Waals surface area contributed by atoms with Gasteiger partial charge in [-0.05, 0) is 25.5 Å². The van der Waals surface area contributed by atoms with Gasteiger partial charge in [-0.15, -0.1) is 0 Å². The number of aromatic nitrogens is 2. The minimum atomic E-state index is 0.0273. The fourth-order valence-corrected chi connectivity index (χ4v) is 2.69. The first-order chi connectivity index (χ1) is 13.2. The highest BCUT2D eigenvalue weighted by molar-refractivity contribution is 5.95. The van der Waals surface area contributed by atoms with E-state index in [1.54, 1.807) is 13.0 Å². The molecular formula is C22H24N4O. The number of unbranched alkanes of at least 4 members (excludes halogenated alkanes) is 1. The van der Waals surface area contributed by atoms with Crippen molar-refractivity contribution in [2.24, 2.45) is 0 Å². The Morgan fingerprint density at radius 2 is 1.81 bits per heavy atom. The highest BCUT2D eigenvalue weighted by atomic mass is 16.1. The maximum Gasteiger partial charge on any atom is 0.229 e. The number of nitrogens with one attached hydrogen (secondary N) is 2. The number of nitrogens with zero attached hydrogens (tertiary/aromatic N) is 2. The number of benzene rings is 2. The largest absolute Gasteiger partial charge is 0.370 e. The number of carbonyl (C=O) groups is 1. The van der Waals surface area contributed by atoms with Gasteiger partial charge in [0.25, 0.3) is 0 Å². The zero-order chi connectivity index (χ0) is 19.1. The molecule has 138 valence electrons. The van der Waals surface area contributed by atoms with Crippen LogP contribution in [0.4, 0.5) is 17.5 Å². The topological polar surface area (TPSA) is 66.9 Å². The summed E-state index contributed by atoms with van der Waals surface area (Å²) in [5, 5.41) is 6.59. The molecular weight excluding hydrogens is 336 g/mol. The van der Waals surface area contributed by atoms with Crippen LogP contribution in [0.15, 0.2) is 60.7 Å². The molecule has 0 spiro atoms. The smallest absolute Gasteiger partial charge is 0.229 e. The van der Waals surface area contributed by atoms with E-state index in [-0.39, 0.29) is 5.78 Å². The van der Waals surface area contributed by atoms with Crippen LogP contribution in [0.2, 0.25) is 0 Å². The van der Waals surface area contributed by atoms with Gasteiger partial charge in [0, 0.05) is 29.4 Å². The van der Waals surface area contributed by atoms with Crippen molar-refractivity contribution in [2.75, 3.05) is 17.2 Å². The molecule has 0 bridgehead atoms. The van der Waals surface area contributed by atoms with E-state index in [9.17, 15) is 4.79 Å². The summed E-state index contributed by atoms with van der Waals surface area (Å²) >= 11 is 0. The maximum absolute atomic E-state index is 11.6. The molecule has 3 aromatic rings. The molecule has 0 aliphatic carbocycles. The van der Waals surface area contributed by atoms with Gasteiger partial charge in [0.05, 0.1) is 5.69 Å². The number of hydrogen-bond donors (Lipinski definition) is 2. The molecule has 1 aromatic heterocycles. The maximum atomic E-state index is 11.6. The molecule has 5 nitrogen and oxygen atoms in total. The Balaban J connectivity index is 1.92. The van der Waals surface area contributed by atoms with E-state index < -0.39 is 0 Å². The Morgan fingerprint density at radius 3 is 2.56 bits per heavy atom. The number of ketones is 1. The lowest BCUT2D eigenvalue weighted by Crippen LogP contribution is -2.07. The second kappa shape index (κ2) is 8.94. The Hall–Kier alpha value is -3.21. The molecule has 5 heteroatoms. The first-order valence-corrected chi connectivity index (χ1v) is 9.22. The third-order valence-corrected chi connectivity index (χ3v) is 4.16. The van der Waals surface area contributed by atoms with E-state index in [0.29, 0.717) is 11.5 Å². The molecule has 2 N–H and O–H groups in total. The van der Waals surface area contributed by atoms with Crippen molar-refractivity contribution in [2.45, 2.75) is 26.7 Å². The number of Topliss-reactive ketones (excluding diaryl/α,β-unsaturated/α-hetero) is 1. The van der Waals surface area contributed by atoms with Crippen molar-refractivity contribution >= 4 is 23.2 Å². The number of rotatable bonds is 8. The van der Waals surface area contributed by atoms with Crippen LogP contribution in [-0.2, 0) is 0 Å². The minimum Gasteiger partial charge on any atom is -0.370 e. The second-order valence-electron chi connectivity index (χ2n) is 6.37. The molecule has 2 aromatic carbocycles. The van der Waals surface area contributed by atoms with Crippen molar-refractivity contribution in [1.29, 1.82) is 0 Å². The standard InChI is InChI=1S/C22H24N4O/c1-3-4-13-23-21-15-20(17-9-6-5-7-10-17)25-22(26-21)24-19-12-8-11-18(14-19)16(2)27/h5-12,14-15H,3-4,13H2,1-2H3,(H2,23,24,25,26). The van der Waals surface area contributed by atoms with Gasteiger partial charge in [-0.1, -0.05) is 55.8 Å². The molecule has 0 aliphatic rings. The SMILES string of the molecule is CCCCNc1cc(-c2ccccc2)nc(Nc2cccc(C(C)=O)c2)n1. The van der Waals surface area contributed by atoms with Gasteiger partial charge < -0.3 is 10.6 Å². The van der Waals surface area contributed by atoms with Crippen molar-refractivity contribution in [3.8, 4) is 11.3 Å². The summed E-state index contributed by atoms with van der Waals surface area (Å²) in [5.74, 6) is 1.30. The van der Waals surface area contributed by atoms with E-state index in [2.05, 4.69) is 27.5 Å². The Kier molecular flexibility index (Phi) is 6.15. The van der Waals surface area contributed by atoms with E-state index in [0.717, 1.165) is 42.1 Å². The fourth-order valence-electron chi connectivity index (χ4n) is 2.69. The Labute approximate surface area is 159 Å². The van der Waals surface area contributed by atoms with E-state index >= 15 is 0 Å². The van der Waals surface area contributed by atoms with Crippen LogP contribution in [0.3, 0.4) is 0 Å². The van der Waals surface area contributed by atoms with Crippen LogP contribution in [0, 0.1) is 0 Å². The molecule has 1 heterocycles. The van der Waals surface area contributed by atoms with E-state index in [1.165, 1.54) is 0 Å². The van der Waals surface area contributed by atoms with E-state index in [1.807, 2.05) is 54.6 Å². The van der Waals surface area contributed by atoms with Crippen LogP contribution in [0.25, 0.3) is 11.3 Å². The Morgan fingerprint density at radius 1 is 1.00 bits per heavy atom. The molecule has 0 aliphatic heterocycles. The summed E-state index contributed by atoms with van der Waals surface area (Å²) in [7, 11) is 0. The van der Waals surface area contributed by atoms with Gasteiger partial charge in [-0.25, -0.2) is 4.98 Å². The molecule has 3 rings (SSSR count). The fraction of sp³-hybridized carbons (Fsp3) is 0.227. The summed E-state index contributed by atoms with van der Waals surface area (Å²) in [6, 6.07) is 19.3. The van der Waals surface area contributed by atoms with Crippen molar-refractivity contribution < 1.29 is 4.79 Å². The van der Waals surface area contributed by atoms with Gasteiger partial charge in [-0.2, -0.15) is 4.98 Å². The van der Waals surface area contributed by atoms with Gasteiger partial charge in [-0.3, -0.25) is 4.79 Å². The molecule has 0 amide bonds. The van der Waals surface area contributed by atoms with Gasteiger partial charge >= 0.3 is 0 Å². The molecule has 0 saturated carbocycles. The van der Waals surface area contributed by atoms with Crippen molar-refractivity contribution in [3.05, 3.63) is 66.2 Å². The van der Waals surface area contributed by atoms with Crippen LogP contribution in [0.1, 0.15) is 37.0 Å². The summed E-state index contributed by atoms with van der Waals surface area (Å²) in [6.07, 6.45) is 2.20. The average Bonchev–Trinajstić information content (AvgIpc) is 2.69. The van der Waals surface area contributed by atoms with Gasteiger partial charge in [0.1, 0.15) is 5.82 Å². The van der Waals surface area contributed by atoms with Crippen LogP contribution in [-0.4, -0.2) is 22.3 Å². The predicted molar refractivity (Wildman–Crippen MR) is 111 cm³/mol. The third-order valence-electron chi connectivity index (χ3n) is 4.16. The zero-order valence-corrected chi connectivity index (χ0v) is 15.7. The quantitative estimate of drug-likeness (QED) is 0.421. The van der Waals surface area contributed by atoms with Crippen LogP contribution >= 0.6 is 0 Å². The number of hydrogen-bond acceptors (Lipinski definition) is 5. The molecule has 0 saturated heterocycles. The zero-order valence-electron chi connectivity index (χ0n) is 15.7. The highest BCUT2D eigenvalue weighted by Crippen LogP contribution is 2.23.